The van der Waals surface area contributed by atoms with Crippen molar-refractivity contribution in [2.24, 2.45) is 5.92 Å². The zero-order valence-electron chi connectivity index (χ0n) is 16.1. The number of hydrogen-bond donors (Lipinski definition) is 1. The van der Waals surface area contributed by atoms with Crippen LogP contribution < -0.4 is 5.32 Å². The quantitative estimate of drug-likeness (QED) is 0.719. The molecule has 3 aliphatic rings. The first-order chi connectivity index (χ1) is 13.7. The maximum absolute atomic E-state index is 13.1. The van der Waals surface area contributed by atoms with Gasteiger partial charge in [-0.15, -0.1) is 11.3 Å². The van der Waals surface area contributed by atoms with Gasteiger partial charge < -0.3 is 10.2 Å². The number of amides is 1. The van der Waals surface area contributed by atoms with E-state index in [0.717, 1.165) is 41.0 Å². The Morgan fingerprint density at radius 2 is 2.18 bits per heavy atom. The predicted octanol–water partition coefficient (Wildman–Crippen LogP) is 3.39. The predicted molar refractivity (Wildman–Crippen MR) is 112 cm³/mol. The molecule has 7 heteroatoms. The second kappa shape index (κ2) is 7.29. The first-order valence-corrected chi connectivity index (χ1v) is 11.0. The lowest BCUT2D eigenvalue weighted by Crippen LogP contribution is -2.57. The monoisotopic (exact) mass is 395 g/mol. The molecule has 1 aromatic carbocycles. The van der Waals surface area contributed by atoms with Crippen LogP contribution in [0.1, 0.15) is 36.7 Å². The van der Waals surface area contributed by atoms with Gasteiger partial charge in [0.25, 0.3) is 5.91 Å². The average molecular weight is 396 g/mol. The first kappa shape index (κ1) is 17.8. The molecular formula is C21H25N5OS. The molecule has 146 valence electrons. The van der Waals surface area contributed by atoms with Gasteiger partial charge in [-0.05, 0) is 50.4 Å². The second-order valence-electron chi connectivity index (χ2n) is 7.86. The fourth-order valence-corrected chi connectivity index (χ4v) is 5.22. The highest BCUT2D eigenvalue weighted by Crippen LogP contribution is 2.30. The fourth-order valence-electron chi connectivity index (χ4n) is 4.59. The number of benzene rings is 1. The van der Waals surface area contributed by atoms with Crippen molar-refractivity contribution >= 4 is 28.1 Å². The van der Waals surface area contributed by atoms with Crippen molar-refractivity contribution < 1.29 is 4.79 Å². The topological polar surface area (TPSA) is 63.1 Å². The molecule has 1 amide bonds. The van der Waals surface area contributed by atoms with E-state index in [9.17, 15) is 4.79 Å². The molecule has 3 aliphatic heterocycles. The van der Waals surface area contributed by atoms with Crippen LogP contribution in [0.25, 0.3) is 21.5 Å². The molecule has 6 rings (SSSR count). The Bertz CT molecular complexity index is 988. The van der Waals surface area contributed by atoms with Crippen LogP contribution in [0.5, 0.6) is 0 Å². The highest BCUT2D eigenvalue weighted by atomic mass is 32.1. The lowest BCUT2D eigenvalue weighted by Gasteiger charge is -2.44. The number of hydrogen-bond acceptors (Lipinski definition) is 5. The number of carbonyl (C=O) groups excluding carboxylic acids is 1. The van der Waals surface area contributed by atoms with E-state index in [1.54, 1.807) is 11.3 Å². The summed E-state index contributed by atoms with van der Waals surface area (Å²) >= 11 is 1.62. The van der Waals surface area contributed by atoms with Crippen LogP contribution in [0.4, 0.5) is 0 Å². The molecule has 28 heavy (non-hydrogen) atoms. The number of carbonyl (C=O) groups is 1. The molecule has 0 spiro atoms. The van der Waals surface area contributed by atoms with Gasteiger partial charge in [-0.25, -0.2) is 4.98 Å². The summed E-state index contributed by atoms with van der Waals surface area (Å²) in [5.41, 5.74) is 2.63. The smallest absolute Gasteiger partial charge is 0.272 e. The van der Waals surface area contributed by atoms with Crippen molar-refractivity contribution in [2.75, 3.05) is 19.6 Å². The Morgan fingerprint density at radius 3 is 2.86 bits per heavy atom. The normalized spacial score (nSPS) is 24.0. The minimum atomic E-state index is -0.0411. The number of thiazole rings is 1. The molecule has 3 aromatic rings. The van der Waals surface area contributed by atoms with Crippen LogP contribution in [0.2, 0.25) is 0 Å². The van der Waals surface area contributed by atoms with Crippen LogP contribution in [0, 0.1) is 5.92 Å². The zero-order valence-corrected chi connectivity index (χ0v) is 16.9. The molecule has 2 bridgehead atoms. The molecule has 1 atom stereocenters. The molecule has 6 nitrogen and oxygen atoms in total. The molecule has 1 unspecified atom stereocenters. The van der Waals surface area contributed by atoms with Gasteiger partial charge in [-0.1, -0.05) is 13.0 Å². The van der Waals surface area contributed by atoms with Crippen molar-refractivity contribution in [1.82, 2.24) is 25.0 Å². The molecule has 0 aliphatic carbocycles. The standard InChI is InChI=1S/C21H25N5OS/c1-2-8-26-18-12-15(21-22-7-11-28-21)3-4-16(18)19(24-26)20(27)23-17-13-25-9-5-14(17)6-10-25/h3-4,7,11-12,14,17H,2,5-6,8-10,13H2,1H3,(H,23,27). The molecule has 1 N–H and O–H groups in total. The van der Waals surface area contributed by atoms with Crippen LogP contribution >= 0.6 is 11.3 Å². The van der Waals surface area contributed by atoms with Crippen molar-refractivity contribution in [3.63, 3.8) is 0 Å². The van der Waals surface area contributed by atoms with Crippen LogP contribution in [0.15, 0.2) is 29.8 Å². The summed E-state index contributed by atoms with van der Waals surface area (Å²) in [5.74, 6) is 0.565. The van der Waals surface area contributed by atoms with E-state index >= 15 is 0 Å². The highest BCUT2D eigenvalue weighted by molar-refractivity contribution is 7.13. The third-order valence-corrected chi connectivity index (χ3v) is 6.88. The summed E-state index contributed by atoms with van der Waals surface area (Å²) in [7, 11) is 0. The SMILES string of the molecule is CCCn1nc(C(=O)NC2CN3CCC2CC3)c2ccc(-c3nccs3)cc21. The highest BCUT2D eigenvalue weighted by Gasteiger charge is 2.35. The van der Waals surface area contributed by atoms with Gasteiger partial charge in [0.15, 0.2) is 5.69 Å². The second-order valence-corrected chi connectivity index (χ2v) is 8.75. The van der Waals surface area contributed by atoms with E-state index in [0.29, 0.717) is 11.6 Å². The van der Waals surface area contributed by atoms with E-state index in [1.807, 2.05) is 28.4 Å². The Balaban J connectivity index is 1.47. The molecule has 3 fully saturated rings. The number of fused-ring (bicyclic) bond motifs is 4. The molecule has 2 aromatic heterocycles. The maximum atomic E-state index is 13.1. The number of nitrogens with zero attached hydrogens (tertiary/aromatic N) is 4. The Labute approximate surface area is 168 Å². The average Bonchev–Trinajstić information content (AvgIpc) is 3.37. The van der Waals surface area contributed by atoms with Crippen molar-refractivity contribution in [3.8, 4) is 10.6 Å². The Morgan fingerprint density at radius 1 is 1.32 bits per heavy atom. The van der Waals surface area contributed by atoms with Crippen molar-refractivity contribution in [2.45, 2.75) is 38.8 Å². The van der Waals surface area contributed by atoms with E-state index in [-0.39, 0.29) is 11.9 Å². The molecular weight excluding hydrogens is 370 g/mol. The summed E-state index contributed by atoms with van der Waals surface area (Å²) in [5, 5.41) is 11.9. The molecule has 3 saturated heterocycles. The summed E-state index contributed by atoms with van der Waals surface area (Å²) in [6.07, 6.45) is 5.17. The van der Waals surface area contributed by atoms with Gasteiger partial charge in [0.1, 0.15) is 5.01 Å². The zero-order chi connectivity index (χ0) is 19.1. The summed E-state index contributed by atoms with van der Waals surface area (Å²) in [6.45, 7) is 6.24. The summed E-state index contributed by atoms with van der Waals surface area (Å²) in [6, 6.07) is 6.43. The van der Waals surface area contributed by atoms with Crippen LogP contribution in [-0.2, 0) is 6.54 Å². The van der Waals surface area contributed by atoms with Gasteiger partial charge in [-0.2, -0.15) is 5.10 Å². The lowest BCUT2D eigenvalue weighted by molar-refractivity contribution is 0.0618. The Hall–Kier alpha value is -2.25. The Kier molecular flexibility index (Phi) is 4.64. The van der Waals surface area contributed by atoms with Crippen LogP contribution in [0.3, 0.4) is 0 Å². The van der Waals surface area contributed by atoms with E-state index in [4.69, 9.17) is 5.10 Å². The number of nitrogens with one attached hydrogen (secondary N) is 1. The first-order valence-electron chi connectivity index (χ1n) is 10.2. The fraction of sp³-hybridized carbons (Fsp3) is 0.476. The molecule has 0 saturated carbocycles. The minimum absolute atomic E-state index is 0.0411. The number of rotatable bonds is 5. The molecule has 5 heterocycles. The van der Waals surface area contributed by atoms with Gasteiger partial charge in [0.2, 0.25) is 0 Å². The third kappa shape index (κ3) is 3.12. The van der Waals surface area contributed by atoms with Gasteiger partial charge in [-0.3, -0.25) is 9.48 Å². The van der Waals surface area contributed by atoms with Crippen LogP contribution in [-0.4, -0.2) is 51.2 Å². The van der Waals surface area contributed by atoms with E-state index in [2.05, 4.69) is 28.2 Å². The van der Waals surface area contributed by atoms with Crippen molar-refractivity contribution in [3.05, 3.63) is 35.5 Å². The van der Waals surface area contributed by atoms with Gasteiger partial charge >= 0.3 is 0 Å². The third-order valence-electron chi connectivity index (χ3n) is 6.05. The van der Waals surface area contributed by atoms with E-state index in [1.165, 1.54) is 25.9 Å². The lowest BCUT2D eigenvalue weighted by atomic mass is 9.84. The number of aryl methyl sites for hydroxylation is 1. The van der Waals surface area contributed by atoms with Gasteiger partial charge in [0, 0.05) is 41.7 Å². The van der Waals surface area contributed by atoms with Gasteiger partial charge in [0.05, 0.1) is 5.52 Å². The largest absolute Gasteiger partial charge is 0.346 e. The summed E-state index contributed by atoms with van der Waals surface area (Å²) in [4.78, 5) is 20.0. The van der Waals surface area contributed by atoms with Crippen molar-refractivity contribution in [1.29, 1.82) is 0 Å². The summed E-state index contributed by atoms with van der Waals surface area (Å²) < 4.78 is 1.97. The number of aromatic nitrogens is 3. The molecule has 0 radical (unpaired) electrons. The van der Waals surface area contributed by atoms with E-state index < -0.39 is 0 Å². The minimum Gasteiger partial charge on any atom is -0.346 e. The maximum Gasteiger partial charge on any atom is 0.272 e. The number of piperidine rings is 3.